The Bertz CT molecular complexity index is 612. The van der Waals surface area contributed by atoms with Gasteiger partial charge >= 0.3 is 0 Å². The van der Waals surface area contributed by atoms with Crippen LogP contribution in [0.15, 0.2) is 37.4 Å². The molecule has 1 aromatic heterocycles. The zero-order valence-corrected chi connectivity index (χ0v) is 13.4. The first-order valence-corrected chi connectivity index (χ1v) is 7.22. The predicted octanol–water partition coefficient (Wildman–Crippen LogP) is 3.32. The predicted molar refractivity (Wildman–Crippen MR) is 89.6 cm³/mol. The zero-order valence-electron chi connectivity index (χ0n) is 13.4. The first-order chi connectivity index (χ1) is 10.6. The number of hydrogen-bond donors (Lipinski definition) is 1. The molecule has 1 N–H and O–H groups in total. The van der Waals surface area contributed by atoms with Crippen molar-refractivity contribution >= 4 is 11.0 Å². The van der Waals surface area contributed by atoms with E-state index in [1.54, 1.807) is 14.2 Å². The second-order valence-electron chi connectivity index (χ2n) is 5.05. The number of imidazole rings is 1. The van der Waals surface area contributed by atoms with E-state index < -0.39 is 0 Å². The van der Waals surface area contributed by atoms with Crippen LogP contribution < -0.4 is 9.47 Å². The molecule has 2 aromatic rings. The molecule has 0 aliphatic rings. The quantitative estimate of drug-likeness (QED) is 0.760. The van der Waals surface area contributed by atoms with Gasteiger partial charge in [-0.25, -0.2) is 4.98 Å². The maximum absolute atomic E-state index is 5.33. The molecular formula is C17H23N3O2. The van der Waals surface area contributed by atoms with Crippen LogP contribution in [0.2, 0.25) is 0 Å². The van der Waals surface area contributed by atoms with Gasteiger partial charge in [-0.05, 0) is 6.92 Å². The molecule has 1 aromatic carbocycles. The van der Waals surface area contributed by atoms with E-state index in [9.17, 15) is 0 Å². The first-order valence-electron chi connectivity index (χ1n) is 7.22. The highest BCUT2D eigenvalue weighted by atomic mass is 16.5. The summed E-state index contributed by atoms with van der Waals surface area (Å²) in [5.41, 5.74) is 1.79. The van der Waals surface area contributed by atoms with Gasteiger partial charge in [0.2, 0.25) is 0 Å². The number of methoxy groups -OCH3 is 2. The first kappa shape index (κ1) is 16.1. The van der Waals surface area contributed by atoms with E-state index in [1.165, 1.54) is 0 Å². The number of aromatic amines is 1. The number of hydrogen-bond acceptors (Lipinski definition) is 4. The Morgan fingerprint density at radius 1 is 1.18 bits per heavy atom. The van der Waals surface area contributed by atoms with Gasteiger partial charge in [-0.1, -0.05) is 12.2 Å². The number of ether oxygens (including phenoxy) is 2. The van der Waals surface area contributed by atoms with E-state index in [2.05, 4.69) is 34.9 Å². The van der Waals surface area contributed by atoms with Crippen LogP contribution in [-0.2, 0) is 0 Å². The Balaban J connectivity index is 2.39. The van der Waals surface area contributed by atoms with Crippen LogP contribution in [0.25, 0.3) is 11.0 Å². The van der Waals surface area contributed by atoms with Crippen molar-refractivity contribution in [2.75, 3.05) is 27.3 Å². The smallest absolute Gasteiger partial charge is 0.163 e. The highest BCUT2D eigenvalue weighted by Crippen LogP contribution is 2.32. The molecular weight excluding hydrogens is 278 g/mol. The van der Waals surface area contributed by atoms with Gasteiger partial charge in [0.05, 0.1) is 31.3 Å². The van der Waals surface area contributed by atoms with Gasteiger partial charge in [0.25, 0.3) is 0 Å². The summed E-state index contributed by atoms with van der Waals surface area (Å²) >= 11 is 0. The highest BCUT2D eigenvalue weighted by molar-refractivity contribution is 5.79. The molecule has 5 nitrogen and oxygen atoms in total. The third-order valence-corrected chi connectivity index (χ3v) is 3.68. The maximum atomic E-state index is 5.33. The van der Waals surface area contributed by atoms with Crippen LogP contribution in [0.4, 0.5) is 0 Å². The molecule has 0 saturated heterocycles. The van der Waals surface area contributed by atoms with Crippen molar-refractivity contribution in [1.29, 1.82) is 0 Å². The van der Waals surface area contributed by atoms with Gasteiger partial charge in [-0.3, -0.25) is 4.90 Å². The van der Waals surface area contributed by atoms with E-state index in [0.717, 1.165) is 29.9 Å². The lowest BCUT2D eigenvalue weighted by atomic mass is 10.2. The van der Waals surface area contributed by atoms with Crippen LogP contribution in [0.5, 0.6) is 11.5 Å². The molecule has 5 heteroatoms. The van der Waals surface area contributed by atoms with Gasteiger partial charge in [0.1, 0.15) is 5.82 Å². The van der Waals surface area contributed by atoms with Gasteiger partial charge in [0, 0.05) is 25.2 Å². The van der Waals surface area contributed by atoms with Crippen molar-refractivity contribution in [3.63, 3.8) is 0 Å². The fourth-order valence-electron chi connectivity index (χ4n) is 2.45. The average Bonchev–Trinajstić information content (AvgIpc) is 2.95. The molecule has 2 rings (SSSR count). The minimum Gasteiger partial charge on any atom is -0.493 e. The molecule has 0 bridgehead atoms. The summed E-state index contributed by atoms with van der Waals surface area (Å²) in [6.45, 7) is 11.3. The lowest BCUT2D eigenvalue weighted by molar-refractivity contribution is 0.252. The second-order valence-corrected chi connectivity index (χ2v) is 5.05. The number of rotatable bonds is 8. The molecule has 0 amide bonds. The summed E-state index contributed by atoms with van der Waals surface area (Å²) < 4.78 is 10.7. The average molecular weight is 301 g/mol. The summed E-state index contributed by atoms with van der Waals surface area (Å²) in [4.78, 5) is 10.3. The van der Waals surface area contributed by atoms with Crippen LogP contribution >= 0.6 is 0 Å². The maximum Gasteiger partial charge on any atom is 0.163 e. The van der Waals surface area contributed by atoms with Crippen LogP contribution in [0.1, 0.15) is 18.8 Å². The molecule has 0 aliphatic carbocycles. The van der Waals surface area contributed by atoms with Gasteiger partial charge in [-0.2, -0.15) is 0 Å². The molecule has 0 spiro atoms. The monoisotopic (exact) mass is 301 g/mol. The number of benzene rings is 1. The molecule has 0 aliphatic heterocycles. The molecule has 1 heterocycles. The molecule has 22 heavy (non-hydrogen) atoms. The summed E-state index contributed by atoms with van der Waals surface area (Å²) in [6, 6.07) is 3.91. The number of nitrogens with one attached hydrogen (secondary N) is 1. The number of H-pyrrole nitrogens is 1. The molecule has 1 unspecified atom stereocenters. The Kier molecular flexibility index (Phi) is 5.22. The standard InChI is InChI=1S/C17H23N3O2/c1-6-8-20(9-7-2)12(3)17-18-13-10-15(21-4)16(22-5)11-14(13)19-17/h6-7,10-12H,1-2,8-9H2,3-5H3,(H,18,19). The van der Waals surface area contributed by atoms with E-state index in [-0.39, 0.29) is 6.04 Å². The van der Waals surface area contributed by atoms with Crippen LogP contribution in [0, 0.1) is 0 Å². The molecule has 118 valence electrons. The SMILES string of the molecule is C=CCN(CC=C)C(C)c1nc2cc(OC)c(OC)cc2[nH]1. The zero-order chi connectivity index (χ0) is 16.1. The lowest BCUT2D eigenvalue weighted by Gasteiger charge is -2.24. The third kappa shape index (κ3) is 3.14. The largest absolute Gasteiger partial charge is 0.493 e. The molecule has 0 saturated carbocycles. The Labute approximate surface area is 131 Å². The molecule has 0 fully saturated rings. The third-order valence-electron chi connectivity index (χ3n) is 3.68. The summed E-state index contributed by atoms with van der Waals surface area (Å²) in [6.07, 6.45) is 3.77. The van der Waals surface area contributed by atoms with E-state index in [1.807, 2.05) is 24.3 Å². The van der Waals surface area contributed by atoms with Crippen molar-refractivity contribution < 1.29 is 9.47 Å². The van der Waals surface area contributed by atoms with Gasteiger partial charge in [-0.15, -0.1) is 13.2 Å². The summed E-state index contributed by atoms with van der Waals surface area (Å²) in [5.74, 6) is 2.26. The Hall–Kier alpha value is -2.27. The lowest BCUT2D eigenvalue weighted by Crippen LogP contribution is -2.28. The second kappa shape index (κ2) is 7.13. The van der Waals surface area contributed by atoms with E-state index in [4.69, 9.17) is 9.47 Å². The number of nitrogens with zero attached hydrogens (tertiary/aromatic N) is 2. The fourth-order valence-corrected chi connectivity index (χ4v) is 2.45. The van der Waals surface area contributed by atoms with Gasteiger partial charge in [0.15, 0.2) is 11.5 Å². The Morgan fingerprint density at radius 2 is 1.77 bits per heavy atom. The minimum atomic E-state index is 0.125. The van der Waals surface area contributed by atoms with E-state index >= 15 is 0 Å². The highest BCUT2D eigenvalue weighted by Gasteiger charge is 2.18. The number of aromatic nitrogens is 2. The van der Waals surface area contributed by atoms with Crippen LogP contribution in [0.3, 0.4) is 0 Å². The summed E-state index contributed by atoms with van der Waals surface area (Å²) in [5, 5.41) is 0. The van der Waals surface area contributed by atoms with Crippen molar-refractivity contribution in [2.24, 2.45) is 0 Å². The fraction of sp³-hybridized carbons (Fsp3) is 0.353. The molecule has 0 radical (unpaired) electrons. The molecule has 1 atom stereocenters. The van der Waals surface area contributed by atoms with Crippen molar-refractivity contribution in [1.82, 2.24) is 14.9 Å². The summed E-state index contributed by atoms with van der Waals surface area (Å²) in [7, 11) is 3.25. The Morgan fingerprint density at radius 3 is 2.32 bits per heavy atom. The van der Waals surface area contributed by atoms with Crippen molar-refractivity contribution in [3.8, 4) is 11.5 Å². The minimum absolute atomic E-state index is 0.125. The van der Waals surface area contributed by atoms with Gasteiger partial charge < -0.3 is 14.5 Å². The van der Waals surface area contributed by atoms with Crippen molar-refractivity contribution in [2.45, 2.75) is 13.0 Å². The normalized spacial score (nSPS) is 12.4. The van der Waals surface area contributed by atoms with E-state index in [0.29, 0.717) is 11.5 Å². The van der Waals surface area contributed by atoms with Crippen molar-refractivity contribution in [3.05, 3.63) is 43.3 Å². The number of fused-ring (bicyclic) bond motifs is 1. The topological polar surface area (TPSA) is 50.4 Å². The van der Waals surface area contributed by atoms with Crippen LogP contribution in [-0.4, -0.2) is 42.2 Å².